The lowest BCUT2D eigenvalue weighted by atomic mass is 10.1. The summed E-state index contributed by atoms with van der Waals surface area (Å²) < 4.78 is 39.0. The lowest BCUT2D eigenvalue weighted by molar-refractivity contribution is -0.137. The topological polar surface area (TPSA) is 93.9 Å². The standard InChI is InChI=1S/C19H10Cl2F3N5O/c20-14-7-6-13(19(22,23)24)15(21)12(14)9-26-29-18-27-16(10-4-2-1-3-5-10)11(8-25)17(30)28-18/h1-7,9H,(H2,27,28,29,30). The number of aromatic amines is 1. The normalized spacial score (nSPS) is 11.5. The van der Waals surface area contributed by atoms with Gasteiger partial charge >= 0.3 is 6.18 Å². The first kappa shape index (κ1) is 21.4. The number of hydrogen-bond acceptors (Lipinski definition) is 5. The molecule has 1 heterocycles. The van der Waals surface area contributed by atoms with Gasteiger partial charge in [0.15, 0.2) is 0 Å². The average molecular weight is 452 g/mol. The predicted octanol–water partition coefficient (Wildman–Crippen LogP) is 5.08. The summed E-state index contributed by atoms with van der Waals surface area (Å²) in [5.74, 6) is -0.131. The summed E-state index contributed by atoms with van der Waals surface area (Å²) in [5, 5.41) is 12.3. The number of alkyl halides is 3. The Morgan fingerprint density at radius 1 is 1.17 bits per heavy atom. The fourth-order valence-electron chi connectivity index (χ4n) is 2.50. The van der Waals surface area contributed by atoms with Gasteiger partial charge in [0.1, 0.15) is 11.6 Å². The molecule has 152 valence electrons. The molecule has 2 aromatic carbocycles. The van der Waals surface area contributed by atoms with Crippen molar-refractivity contribution in [2.75, 3.05) is 5.43 Å². The maximum absolute atomic E-state index is 13.0. The van der Waals surface area contributed by atoms with Crippen LogP contribution < -0.4 is 11.0 Å². The van der Waals surface area contributed by atoms with Gasteiger partial charge in [-0.3, -0.25) is 9.78 Å². The molecule has 0 saturated heterocycles. The third kappa shape index (κ3) is 4.45. The molecular formula is C19H10Cl2F3N5O. The van der Waals surface area contributed by atoms with Gasteiger partial charge in [-0.1, -0.05) is 53.5 Å². The number of H-pyrrole nitrogens is 1. The van der Waals surface area contributed by atoms with E-state index in [2.05, 4.69) is 20.5 Å². The van der Waals surface area contributed by atoms with Gasteiger partial charge < -0.3 is 0 Å². The first-order valence-electron chi connectivity index (χ1n) is 8.16. The minimum absolute atomic E-state index is 0.0511. The van der Waals surface area contributed by atoms with Crippen molar-refractivity contribution in [1.29, 1.82) is 5.26 Å². The van der Waals surface area contributed by atoms with Crippen LogP contribution in [0.2, 0.25) is 10.0 Å². The number of hydrogen-bond donors (Lipinski definition) is 2. The van der Waals surface area contributed by atoms with E-state index in [0.717, 1.165) is 18.3 Å². The summed E-state index contributed by atoms with van der Waals surface area (Å²) in [6.45, 7) is 0. The van der Waals surface area contributed by atoms with E-state index in [1.807, 2.05) is 0 Å². The maximum Gasteiger partial charge on any atom is 0.417 e. The lowest BCUT2D eigenvalue weighted by Crippen LogP contribution is -2.16. The van der Waals surface area contributed by atoms with Crippen LogP contribution in [0.1, 0.15) is 16.7 Å². The fourth-order valence-corrected chi connectivity index (χ4v) is 3.07. The first-order valence-corrected chi connectivity index (χ1v) is 8.92. The van der Waals surface area contributed by atoms with Crippen LogP contribution in [0.4, 0.5) is 19.1 Å². The summed E-state index contributed by atoms with van der Waals surface area (Å²) in [5.41, 5.74) is 0.913. The second kappa shape index (κ2) is 8.57. The van der Waals surface area contributed by atoms with Gasteiger partial charge in [-0.15, -0.1) is 0 Å². The van der Waals surface area contributed by atoms with Crippen molar-refractivity contribution in [3.63, 3.8) is 0 Å². The minimum atomic E-state index is -4.66. The van der Waals surface area contributed by atoms with Gasteiger partial charge in [0, 0.05) is 11.1 Å². The number of benzene rings is 2. The lowest BCUT2D eigenvalue weighted by Gasteiger charge is -2.11. The van der Waals surface area contributed by atoms with Gasteiger partial charge in [-0.2, -0.15) is 23.5 Å². The van der Waals surface area contributed by atoms with Crippen LogP contribution in [0, 0.1) is 11.3 Å². The number of anilines is 1. The molecule has 30 heavy (non-hydrogen) atoms. The van der Waals surface area contributed by atoms with E-state index < -0.39 is 22.3 Å². The Labute approximate surface area is 177 Å². The molecule has 0 saturated carbocycles. The zero-order chi connectivity index (χ0) is 21.9. The number of halogens is 5. The maximum atomic E-state index is 13.0. The number of hydrazone groups is 1. The average Bonchev–Trinajstić information content (AvgIpc) is 2.69. The second-order valence-electron chi connectivity index (χ2n) is 5.81. The monoisotopic (exact) mass is 451 g/mol. The van der Waals surface area contributed by atoms with E-state index >= 15 is 0 Å². The molecule has 0 radical (unpaired) electrons. The van der Waals surface area contributed by atoms with Crippen molar-refractivity contribution in [3.05, 3.63) is 79.6 Å². The molecule has 1 aromatic heterocycles. The van der Waals surface area contributed by atoms with E-state index in [0.29, 0.717) is 5.56 Å². The molecule has 3 rings (SSSR count). The molecule has 11 heteroatoms. The zero-order valence-electron chi connectivity index (χ0n) is 14.8. The summed E-state index contributed by atoms with van der Waals surface area (Å²) >= 11 is 11.7. The number of nitrogens with one attached hydrogen (secondary N) is 2. The molecule has 0 spiro atoms. The molecule has 0 aliphatic rings. The SMILES string of the molecule is N#Cc1c(-c2ccccc2)nc(NN=Cc2c(Cl)ccc(C(F)(F)F)c2Cl)[nH]c1=O. The van der Waals surface area contributed by atoms with Crippen molar-refractivity contribution in [2.45, 2.75) is 6.18 Å². The Kier molecular flexibility index (Phi) is 6.10. The van der Waals surface area contributed by atoms with Crippen LogP contribution in [-0.4, -0.2) is 16.2 Å². The highest BCUT2D eigenvalue weighted by atomic mass is 35.5. The highest BCUT2D eigenvalue weighted by Crippen LogP contribution is 2.38. The molecule has 0 atom stereocenters. The van der Waals surface area contributed by atoms with Crippen LogP contribution in [0.3, 0.4) is 0 Å². The first-order chi connectivity index (χ1) is 14.2. The predicted molar refractivity (Wildman–Crippen MR) is 108 cm³/mol. The van der Waals surface area contributed by atoms with Crippen molar-refractivity contribution >= 4 is 35.4 Å². The quantitative estimate of drug-likeness (QED) is 0.427. The summed E-state index contributed by atoms with van der Waals surface area (Å²) in [6, 6.07) is 12.1. The Morgan fingerprint density at radius 3 is 2.50 bits per heavy atom. The van der Waals surface area contributed by atoms with E-state index in [-0.39, 0.29) is 27.8 Å². The molecule has 0 unspecified atom stereocenters. The van der Waals surface area contributed by atoms with Gasteiger partial charge in [0.25, 0.3) is 5.56 Å². The highest BCUT2D eigenvalue weighted by molar-refractivity contribution is 6.39. The fraction of sp³-hybridized carbons (Fsp3) is 0.0526. The van der Waals surface area contributed by atoms with Crippen LogP contribution in [-0.2, 0) is 6.18 Å². The molecule has 6 nitrogen and oxygen atoms in total. The van der Waals surface area contributed by atoms with Crippen molar-refractivity contribution < 1.29 is 13.2 Å². The Balaban J connectivity index is 1.96. The number of nitriles is 1. The Bertz CT molecular complexity index is 1220. The number of rotatable bonds is 4. The Hall–Kier alpha value is -3.35. The van der Waals surface area contributed by atoms with Gasteiger partial charge in [-0.05, 0) is 12.1 Å². The number of aromatic nitrogens is 2. The molecule has 0 amide bonds. The van der Waals surface area contributed by atoms with E-state index in [1.165, 1.54) is 0 Å². The molecule has 0 aliphatic heterocycles. The largest absolute Gasteiger partial charge is 0.417 e. The summed E-state index contributed by atoms with van der Waals surface area (Å²) in [7, 11) is 0. The second-order valence-corrected chi connectivity index (χ2v) is 6.59. The van der Waals surface area contributed by atoms with Crippen LogP contribution in [0.25, 0.3) is 11.3 Å². The third-order valence-corrected chi connectivity index (χ3v) is 4.61. The number of nitrogens with zero attached hydrogens (tertiary/aromatic N) is 3. The van der Waals surface area contributed by atoms with Crippen LogP contribution in [0.15, 0.2) is 52.4 Å². The van der Waals surface area contributed by atoms with Crippen molar-refractivity contribution in [3.8, 4) is 17.3 Å². The van der Waals surface area contributed by atoms with E-state index in [9.17, 15) is 23.2 Å². The molecule has 0 fully saturated rings. The van der Waals surface area contributed by atoms with Crippen molar-refractivity contribution in [1.82, 2.24) is 9.97 Å². The summed E-state index contributed by atoms with van der Waals surface area (Å²) in [4.78, 5) is 18.7. The highest BCUT2D eigenvalue weighted by Gasteiger charge is 2.34. The third-order valence-electron chi connectivity index (χ3n) is 3.87. The molecular weight excluding hydrogens is 442 g/mol. The smallest absolute Gasteiger partial charge is 0.290 e. The minimum Gasteiger partial charge on any atom is -0.290 e. The Morgan fingerprint density at radius 2 is 1.87 bits per heavy atom. The summed E-state index contributed by atoms with van der Waals surface area (Å²) in [6.07, 6.45) is -3.69. The van der Waals surface area contributed by atoms with Gasteiger partial charge in [0.05, 0.1) is 27.5 Å². The van der Waals surface area contributed by atoms with Crippen LogP contribution >= 0.6 is 23.2 Å². The van der Waals surface area contributed by atoms with E-state index in [1.54, 1.807) is 36.4 Å². The van der Waals surface area contributed by atoms with Gasteiger partial charge in [-0.25, -0.2) is 10.4 Å². The molecule has 0 bridgehead atoms. The molecule has 3 aromatic rings. The van der Waals surface area contributed by atoms with Gasteiger partial charge in [0.2, 0.25) is 5.95 Å². The molecule has 0 aliphatic carbocycles. The van der Waals surface area contributed by atoms with E-state index in [4.69, 9.17) is 23.2 Å². The van der Waals surface area contributed by atoms with Crippen molar-refractivity contribution in [2.24, 2.45) is 5.10 Å². The molecule has 2 N–H and O–H groups in total. The van der Waals surface area contributed by atoms with Crippen LogP contribution in [0.5, 0.6) is 0 Å². The zero-order valence-corrected chi connectivity index (χ0v) is 16.3.